The topological polar surface area (TPSA) is 134 Å². The van der Waals surface area contributed by atoms with Crippen LogP contribution in [0.15, 0.2) is 48.5 Å². The largest absolute Gasteiger partial charge is 0.458 e. The maximum Gasteiger partial charge on any atom is 0.408 e. The lowest BCUT2D eigenvalue weighted by molar-refractivity contribution is -0.159. The van der Waals surface area contributed by atoms with Gasteiger partial charge in [0.1, 0.15) is 29.3 Å². The standard InChI is InChI=1S/C34H47N3O7/c1-21-14-15-22(2)25(18-21)28(37(24-16-17-24)30(40)27(20-38)36-32(42)44-34(6,7)8)29(39)35-26(31(41)43-33(3,4)5)19-23-12-10-9-11-13-23/h9-15,18,24,26-28,38H,16-17,19-20H2,1-8H3,(H,35,39)(H,36,42). The van der Waals surface area contributed by atoms with Crippen molar-refractivity contribution in [2.24, 2.45) is 0 Å². The molecule has 3 N–H and O–H groups in total. The van der Waals surface area contributed by atoms with Crippen LogP contribution in [0.3, 0.4) is 0 Å². The van der Waals surface area contributed by atoms with Crippen LogP contribution in [0.5, 0.6) is 0 Å². The number of hydrogen-bond donors (Lipinski definition) is 3. The van der Waals surface area contributed by atoms with Crippen LogP contribution in [0.4, 0.5) is 4.79 Å². The van der Waals surface area contributed by atoms with Crippen LogP contribution in [0.1, 0.15) is 82.7 Å². The molecule has 10 heteroatoms. The molecule has 0 aromatic heterocycles. The molecule has 0 heterocycles. The van der Waals surface area contributed by atoms with Gasteiger partial charge in [0.2, 0.25) is 11.8 Å². The van der Waals surface area contributed by atoms with E-state index in [9.17, 15) is 24.3 Å². The van der Waals surface area contributed by atoms with Gasteiger partial charge in [-0.25, -0.2) is 9.59 Å². The number of hydrogen-bond acceptors (Lipinski definition) is 7. The quantitative estimate of drug-likeness (QED) is 0.324. The Kier molecular flexibility index (Phi) is 11.2. The van der Waals surface area contributed by atoms with Crippen LogP contribution < -0.4 is 10.6 Å². The summed E-state index contributed by atoms with van der Waals surface area (Å²) in [7, 11) is 0. The molecular formula is C34H47N3O7. The Morgan fingerprint density at radius 2 is 1.50 bits per heavy atom. The van der Waals surface area contributed by atoms with Crippen LogP contribution in [0, 0.1) is 13.8 Å². The predicted octanol–water partition coefficient (Wildman–Crippen LogP) is 4.29. The van der Waals surface area contributed by atoms with E-state index < -0.39 is 59.8 Å². The molecular weight excluding hydrogens is 562 g/mol. The van der Waals surface area contributed by atoms with E-state index >= 15 is 0 Å². The molecule has 3 unspecified atom stereocenters. The third-order valence-corrected chi connectivity index (χ3v) is 6.91. The fourth-order valence-corrected chi connectivity index (χ4v) is 4.82. The van der Waals surface area contributed by atoms with Gasteiger partial charge in [-0.1, -0.05) is 54.1 Å². The molecule has 0 bridgehead atoms. The number of benzene rings is 2. The van der Waals surface area contributed by atoms with E-state index in [1.165, 1.54) is 4.90 Å². The highest BCUT2D eigenvalue weighted by molar-refractivity contribution is 5.94. The maximum atomic E-state index is 14.4. The maximum absolute atomic E-state index is 14.4. The first kappa shape index (κ1) is 34.6. The SMILES string of the molecule is Cc1ccc(C)c(C(C(=O)NC(Cc2ccccc2)C(=O)OC(C)(C)C)N(C(=O)C(CO)NC(=O)OC(C)(C)C)C2CC2)c1. The number of carbonyl (C=O) groups is 4. The van der Waals surface area contributed by atoms with Crippen LogP contribution in [-0.4, -0.2) is 69.8 Å². The molecule has 1 fully saturated rings. The molecule has 240 valence electrons. The van der Waals surface area contributed by atoms with Gasteiger partial charge in [-0.15, -0.1) is 0 Å². The highest BCUT2D eigenvalue weighted by Crippen LogP contribution is 2.37. The second-order valence-corrected chi connectivity index (χ2v) is 13.4. The van der Waals surface area contributed by atoms with E-state index in [1.54, 1.807) is 41.5 Å². The Morgan fingerprint density at radius 3 is 2.05 bits per heavy atom. The molecule has 3 atom stereocenters. The zero-order chi connectivity index (χ0) is 32.8. The Hall–Kier alpha value is -3.92. The van der Waals surface area contributed by atoms with Gasteiger partial charge < -0.3 is 30.1 Å². The lowest BCUT2D eigenvalue weighted by Crippen LogP contribution is -2.56. The molecule has 1 aliphatic rings. The molecule has 44 heavy (non-hydrogen) atoms. The number of aliphatic hydroxyl groups is 1. The van der Waals surface area contributed by atoms with Gasteiger partial charge in [0.05, 0.1) is 6.61 Å². The number of carbonyl (C=O) groups excluding carboxylic acids is 4. The van der Waals surface area contributed by atoms with Crippen molar-refractivity contribution in [1.29, 1.82) is 0 Å². The Morgan fingerprint density at radius 1 is 0.886 bits per heavy atom. The number of aryl methyl sites for hydroxylation is 2. The molecule has 10 nitrogen and oxygen atoms in total. The molecule has 0 aliphatic heterocycles. The summed E-state index contributed by atoms with van der Waals surface area (Å²) < 4.78 is 11.0. The summed E-state index contributed by atoms with van der Waals surface area (Å²) in [5.41, 5.74) is 1.45. The number of rotatable bonds is 11. The highest BCUT2D eigenvalue weighted by atomic mass is 16.6. The normalized spacial score (nSPS) is 15.4. The minimum atomic E-state index is -1.35. The zero-order valence-corrected chi connectivity index (χ0v) is 27.1. The third kappa shape index (κ3) is 10.1. The summed E-state index contributed by atoms with van der Waals surface area (Å²) in [6.07, 6.45) is 0.605. The number of esters is 1. The summed E-state index contributed by atoms with van der Waals surface area (Å²) >= 11 is 0. The van der Waals surface area contributed by atoms with Crippen LogP contribution in [0.2, 0.25) is 0 Å². The van der Waals surface area contributed by atoms with E-state index in [1.807, 2.05) is 62.4 Å². The zero-order valence-electron chi connectivity index (χ0n) is 27.1. The first-order valence-electron chi connectivity index (χ1n) is 15.1. The van der Waals surface area contributed by atoms with Crippen LogP contribution in [0.25, 0.3) is 0 Å². The molecule has 1 aliphatic carbocycles. The van der Waals surface area contributed by atoms with E-state index in [0.29, 0.717) is 18.4 Å². The van der Waals surface area contributed by atoms with E-state index in [0.717, 1.165) is 16.7 Å². The molecule has 1 saturated carbocycles. The molecule has 0 saturated heterocycles. The van der Waals surface area contributed by atoms with Gasteiger partial charge in [-0.05, 0) is 84.9 Å². The summed E-state index contributed by atoms with van der Waals surface area (Å²) in [6, 6.07) is 11.1. The summed E-state index contributed by atoms with van der Waals surface area (Å²) in [4.78, 5) is 55.9. The monoisotopic (exact) mass is 609 g/mol. The van der Waals surface area contributed by atoms with Gasteiger partial charge >= 0.3 is 12.1 Å². The summed E-state index contributed by atoms with van der Waals surface area (Å²) in [5, 5.41) is 15.6. The minimum absolute atomic E-state index is 0.178. The van der Waals surface area contributed by atoms with E-state index in [2.05, 4.69) is 10.6 Å². The Labute approximate surface area is 260 Å². The fourth-order valence-electron chi connectivity index (χ4n) is 4.82. The summed E-state index contributed by atoms with van der Waals surface area (Å²) in [6.45, 7) is 13.4. The Bertz CT molecular complexity index is 1330. The van der Waals surface area contributed by atoms with Crippen LogP contribution >= 0.6 is 0 Å². The van der Waals surface area contributed by atoms with Crippen molar-refractivity contribution in [2.45, 2.75) is 110 Å². The van der Waals surface area contributed by atoms with Gasteiger partial charge in [0.15, 0.2) is 0 Å². The van der Waals surface area contributed by atoms with Crippen molar-refractivity contribution >= 4 is 23.9 Å². The molecule has 3 amide bonds. The lowest BCUT2D eigenvalue weighted by Gasteiger charge is -2.36. The minimum Gasteiger partial charge on any atom is -0.458 e. The van der Waals surface area contributed by atoms with E-state index in [-0.39, 0.29) is 12.5 Å². The predicted molar refractivity (Wildman–Crippen MR) is 167 cm³/mol. The number of ether oxygens (including phenoxy) is 2. The van der Waals surface area contributed by atoms with Crippen molar-refractivity contribution in [3.05, 3.63) is 70.8 Å². The molecule has 0 spiro atoms. The number of amides is 3. The van der Waals surface area contributed by atoms with Gasteiger partial charge in [-0.2, -0.15) is 0 Å². The average Bonchev–Trinajstić information content (AvgIpc) is 3.75. The number of alkyl carbamates (subject to hydrolysis) is 1. The van der Waals surface area contributed by atoms with Crippen molar-refractivity contribution < 1.29 is 33.8 Å². The van der Waals surface area contributed by atoms with Crippen molar-refractivity contribution in [3.8, 4) is 0 Å². The average molecular weight is 610 g/mol. The number of nitrogens with zero attached hydrogens (tertiary/aromatic N) is 1. The highest BCUT2D eigenvalue weighted by Gasteiger charge is 2.45. The van der Waals surface area contributed by atoms with Gasteiger partial charge in [-0.3, -0.25) is 9.59 Å². The van der Waals surface area contributed by atoms with Gasteiger partial charge in [0.25, 0.3) is 0 Å². The summed E-state index contributed by atoms with van der Waals surface area (Å²) in [5.74, 6) is -1.79. The molecule has 0 radical (unpaired) electrons. The smallest absolute Gasteiger partial charge is 0.408 e. The number of nitrogens with one attached hydrogen (secondary N) is 2. The number of aliphatic hydroxyl groups excluding tert-OH is 1. The van der Waals surface area contributed by atoms with Gasteiger partial charge in [0, 0.05) is 12.5 Å². The van der Waals surface area contributed by atoms with Crippen molar-refractivity contribution in [3.63, 3.8) is 0 Å². The fraction of sp³-hybridized carbons (Fsp3) is 0.529. The van der Waals surface area contributed by atoms with Crippen molar-refractivity contribution in [2.75, 3.05) is 6.61 Å². The molecule has 2 aromatic rings. The third-order valence-electron chi connectivity index (χ3n) is 6.91. The molecule has 2 aromatic carbocycles. The second kappa shape index (κ2) is 14.2. The molecule has 3 rings (SSSR count). The first-order chi connectivity index (χ1) is 20.5. The van der Waals surface area contributed by atoms with E-state index in [4.69, 9.17) is 9.47 Å². The lowest BCUT2D eigenvalue weighted by atomic mass is 9.95. The van der Waals surface area contributed by atoms with Crippen molar-refractivity contribution in [1.82, 2.24) is 15.5 Å². The Balaban J connectivity index is 2.03. The first-order valence-corrected chi connectivity index (χ1v) is 15.1. The van der Waals surface area contributed by atoms with Crippen LogP contribution in [-0.2, 0) is 30.3 Å². The second-order valence-electron chi connectivity index (χ2n) is 13.4.